The van der Waals surface area contributed by atoms with Gasteiger partial charge in [-0.15, -0.1) is 22.7 Å². The minimum absolute atomic E-state index is 0.331. The summed E-state index contributed by atoms with van der Waals surface area (Å²) in [6.45, 7) is 4.35. The number of hydrogen-bond acceptors (Lipinski definition) is 4. The third-order valence-corrected chi connectivity index (χ3v) is 8.37. The molecule has 0 aliphatic carbocycles. The highest BCUT2D eigenvalue weighted by atomic mass is 79.9. The first-order valence-electron chi connectivity index (χ1n) is 9.57. The summed E-state index contributed by atoms with van der Waals surface area (Å²) in [7, 11) is 0. The van der Waals surface area contributed by atoms with E-state index in [0.29, 0.717) is 11.5 Å². The normalized spacial score (nSPS) is 11.3. The minimum atomic E-state index is 0.331. The Hall–Kier alpha value is -0.820. The molecule has 0 saturated carbocycles. The highest BCUT2D eigenvalue weighted by molar-refractivity contribution is 9.11. The van der Waals surface area contributed by atoms with E-state index in [-0.39, 0.29) is 0 Å². The van der Waals surface area contributed by atoms with Crippen LogP contribution in [0.25, 0.3) is 20.9 Å². The van der Waals surface area contributed by atoms with Crippen LogP contribution in [0, 0.1) is 0 Å². The van der Waals surface area contributed by atoms with E-state index in [1.165, 1.54) is 9.75 Å². The molecule has 0 amide bonds. The third-order valence-electron chi connectivity index (χ3n) is 4.63. The molecule has 0 fully saturated rings. The summed E-state index contributed by atoms with van der Waals surface area (Å²) in [6, 6.07) is 7.82. The van der Waals surface area contributed by atoms with E-state index < -0.39 is 0 Å². The average molecular weight is 544 g/mol. The molecule has 150 valence electrons. The lowest BCUT2D eigenvalue weighted by molar-refractivity contribution is 0.478. The van der Waals surface area contributed by atoms with Crippen LogP contribution < -0.4 is 0 Å². The summed E-state index contributed by atoms with van der Waals surface area (Å²) in [5.74, 6) is 0.662. The molecule has 1 aromatic carbocycles. The highest BCUT2D eigenvalue weighted by Crippen LogP contribution is 2.47. The predicted molar refractivity (Wildman–Crippen MR) is 129 cm³/mol. The molecule has 0 saturated heterocycles. The Kier molecular flexibility index (Phi) is 7.65. The van der Waals surface area contributed by atoms with Crippen molar-refractivity contribution in [3.05, 3.63) is 43.0 Å². The van der Waals surface area contributed by atoms with Crippen molar-refractivity contribution in [2.75, 3.05) is 0 Å². The monoisotopic (exact) mass is 542 g/mol. The molecular formula is C22H24Br2O2S2. The van der Waals surface area contributed by atoms with E-state index in [1.807, 2.05) is 24.3 Å². The fourth-order valence-corrected chi connectivity index (χ4v) is 6.68. The maximum atomic E-state index is 10.5. The molecule has 3 aromatic rings. The van der Waals surface area contributed by atoms with Crippen molar-refractivity contribution in [3.8, 4) is 32.4 Å². The summed E-state index contributed by atoms with van der Waals surface area (Å²) < 4.78 is 1.82. The summed E-state index contributed by atoms with van der Waals surface area (Å²) in [4.78, 5) is 4.17. The predicted octanol–water partition coefficient (Wildman–Crippen LogP) is 8.76. The van der Waals surface area contributed by atoms with Crippen molar-refractivity contribution >= 4 is 54.5 Å². The second-order valence-electron chi connectivity index (χ2n) is 6.87. The van der Waals surface area contributed by atoms with Gasteiger partial charge in [0.05, 0.1) is 9.75 Å². The Bertz CT molecular complexity index is 882. The van der Waals surface area contributed by atoms with Crippen LogP contribution in [0.5, 0.6) is 11.5 Å². The average Bonchev–Trinajstić information content (AvgIpc) is 3.22. The molecule has 0 radical (unpaired) electrons. The van der Waals surface area contributed by atoms with Crippen molar-refractivity contribution in [2.45, 2.75) is 52.4 Å². The minimum Gasteiger partial charge on any atom is -0.506 e. The van der Waals surface area contributed by atoms with E-state index >= 15 is 0 Å². The molecule has 0 aliphatic heterocycles. The number of benzene rings is 1. The number of unbranched alkanes of at least 4 members (excludes halogenated alkanes) is 2. The lowest BCUT2D eigenvalue weighted by Gasteiger charge is -2.09. The molecule has 2 heterocycles. The first-order chi connectivity index (χ1) is 13.4. The van der Waals surface area contributed by atoms with Crippen LogP contribution >= 0.6 is 54.5 Å². The van der Waals surface area contributed by atoms with Gasteiger partial charge in [-0.1, -0.05) is 58.5 Å². The second kappa shape index (κ2) is 9.79. The smallest absolute Gasteiger partial charge is 0.134 e. The second-order valence-corrected chi connectivity index (χ2v) is 10.9. The lowest BCUT2D eigenvalue weighted by atomic mass is 10.1. The van der Waals surface area contributed by atoms with Crippen molar-refractivity contribution in [1.82, 2.24) is 0 Å². The molecule has 2 N–H and O–H groups in total. The van der Waals surface area contributed by atoms with Gasteiger partial charge >= 0.3 is 0 Å². The molecule has 6 heteroatoms. The molecule has 0 bridgehead atoms. The van der Waals surface area contributed by atoms with Gasteiger partial charge in [-0.05, 0) is 49.9 Å². The van der Waals surface area contributed by atoms with Gasteiger partial charge in [-0.2, -0.15) is 0 Å². The van der Waals surface area contributed by atoms with Crippen LogP contribution in [0.1, 0.15) is 49.3 Å². The molecule has 0 unspecified atom stereocenters. The van der Waals surface area contributed by atoms with Gasteiger partial charge in [-0.25, -0.2) is 0 Å². The summed E-state index contributed by atoms with van der Waals surface area (Å²) in [5, 5.41) is 20.9. The van der Waals surface area contributed by atoms with E-state index in [1.54, 1.807) is 22.7 Å². The molecule has 0 aliphatic rings. The van der Waals surface area contributed by atoms with E-state index in [4.69, 9.17) is 0 Å². The van der Waals surface area contributed by atoms with Gasteiger partial charge in [0, 0.05) is 29.8 Å². The molecule has 0 spiro atoms. The SMILES string of the molecule is CCCCc1cc(O)c(-c2cc(Br)c(-c3sc(CCCC)cc3O)cc2Br)s1. The Morgan fingerprint density at radius 2 is 1.11 bits per heavy atom. The van der Waals surface area contributed by atoms with Crippen LogP contribution in [0.4, 0.5) is 0 Å². The molecule has 28 heavy (non-hydrogen) atoms. The standard InChI is InChI=1S/C22H24Br2O2S2/c1-3-5-7-13-9-19(25)21(27-13)15-11-18(24)16(12-17(15)23)22-20(26)10-14(28-22)8-6-4-2/h9-12,25-26H,3-8H2,1-2H3. The molecule has 2 aromatic heterocycles. The molecule has 3 rings (SSSR count). The highest BCUT2D eigenvalue weighted by Gasteiger charge is 2.19. The number of thiophene rings is 2. The van der Waals surface area contributed by atoms with Crippen LogP contribution in [-0.4, -0.2) is 10.2 Å². The van der Waals surface area contributed by atoms with Crippen LogP contribution in [0.3, 0.4) is 0 Å². The Balaban J connectivity index is 1.96. The zero-order valence-electron chi connectivity index (χ0n) is 16.0. The van der Waals surface area contributed by atoms with Crippen LogP contribution in [0.15, 0.2) is 33.2 Å². The number of hydrogen-bond donors (Lipinski definition) is 2. The first-order valence-corrected chi connectivity index (χ1v) is 12.8. The molecule has 0 atom stereocenters. The topological polar surface area (TPSA) is 40.5 Å². The number of aryl methyl sites for hydroxylation is 2. The zero-order chi connectivity index (χ0) is 20.3. The van der Waals surface area contributed by atoms with Gasteiger partial charge in [-0.3, -0.25) is 0 Å². The summed E-state index contributed by atoms with van der Waals surface area (Å²) in [6.07, 6.45) is 6.53. The fourth-order valence-electron chi connectivity index (χ4n) is 3.09. The van der Waals surface area contributed by atoms with Gasteiger partial charge in [0.2, 0.25) is 0 Å². The van der Waals surface area contributed by atoms with Crippen LogP contribution in [-0.2, 0) is 12.8 Å². The van der Waals surface area contributed by atoms with Gasteiger partial charge in [0.25, 0.3) is 0 Å². The molecular weight excluding hydrogens is 520 g/mol. The van der Waals surface area contributed by atoms with Crippen LogP contribution in [0.2, 0.25) is 0 Å². The number of halogens is 2. The van der Waals surface area contributed by atoms with Crippen molar-refractivity contribution in [1.29, 1.82) is 0 Å². The first kappa shape index (κ1) is 21.9. The number of rotatable bonds is 8. The zero-order valence-corrected chi connectivity index (χ0v) is 20.8. The number of aromatic hydroxyl groups is 2. The third kappa shape index (κ3) is 4.84. The lowest BCUT2D eigenvalue weighted by Crippen LogP contribution is -1.83. The maximum Gasteiger partial charge on any atom is 0.134 e. The van der Waals surface area contributed by atoms with Gasteiger partial charge in [0.1, 0.15) is 11.5 Å². The van der Waals surface area contributed by atoms with Crippen molar-refractivity contribution in [2.24, 2.45) is 0 Å². The van der Waals surface area contributed by atoms with E-state index in [2.05, 4.69) is 45.7 Å². The Labute approximate surface area is 191 Å². The fraction of sp³-hybridized carbons (Fsp3) is 0.364. The Morgan fingerprint density at radius 1 is 0.714 bits per heavy atom. The maximum absolute atomic E-state index is 10.5. The summed E-state index contributed by atoms with van der Waals surface area (Å²) >= 11 is 10.7. The largest absolute Gasteiger partial charge is 0.506 e. The van der Waals surface area contributed by atoms with Gasteiger partial charge < -0.3 is 10.2 Å². The van der Waals surface area contributed by atoms with E-state index in [0.717, 1.165) is 68.4 Å². The van der Waals surface area contributed by atoms with E-state index in [9.17, 15) is 10.2 Å². The summed E-state index contributed by atoms with van der Waals surface area (Å²) in [5.41, 5.74) is 1.92. The quantitative estimate of drug-likeness (QED) is 0.298. The van der Waals surface area contributed by atoms with Crippen molar-refractivity contribution in [3.63, 3.8) is 0 Å². The van der Waals surface area contributed by atoms with Gasteiger partial charge in [0.15, 0.2) is 0 Å². The van der Waals surface area contributed by atoms with Crippen molar-refractivity contribution < 1.29 is 10.2 Å². The molecule has 2 nitrogen and oxygen atoms in total. The Morgan fingerprint density at radius 3 is 1.46 bits per heavy atom.